The van der Waals surface area contributed by atoms with Gasteiger partial charge in [-0.05, 0) is 33.3 Å². The van der Waals surface area contributed by atoms with Crippen molar-refractivity contribution in [3.05, 3.63) is 39.4 Å². The standard InChI is InChI=1S/C15H20N2O4/c1-10-5-6-11(7-13(10)17(19)20)12-8-16(9-12)14(18)21-15(2,3)4/h5-7,12H,8-9H2,1-4H3. The number of carbonyl (C=O) groups is 1. The van der Waals surface area contributed by atoms with Gasteiger partial charge in [0.15, 0.2) is 0 Å². The molecule has 0 bridgehead atoms. The molecule has 1 aromatic rings. The van der Waals surface area contributed by atoms with Crippen molar-refractivity contribution in [1.82, 2.24) is 4.90 Å². The van der Waals surface area contributed by atoms with Crippen LogP contribution in [-0.2, 0) is 4.74 Å². The molecule has 0 unspecified atom stereocenters. The summed E-state index contributed by atoms with van der Waals surface area (Å²) in [5.41, 5.74) is 1.16. The molecule has 0 radical (unpaired) electrons. The highest BCUT2D eigenvalue weighted by Crippen LogP contribution is 2.31. The van der Waals surface area contributed by atoms with E-state index in [0.29, 0.717) is 18.7 Å². The quantitative estimate of drug-likeness (QED) is 0.619. The summed E-state index contributed by atoms with van der Waals surface area (Å²) in [6.07, 6.45) is -0.333. The molecule has 6 nitrogen and oxygen atoms in total. The fraction of sp³-hybridized carbons (Fsp3) is 0.533. The van der Waals surface area contributed by atoms with Crippen molar-refractivity contribution in [2.75, 3.05) is 13.1 Å². The van der Waals surface area contributed by atoms with Crippen molar-refractivity contribution < 1.29 is 14.5 Å². The molecule has 1 amide bonds. The predicted molar refractivity (Wildman–Crippen MR) is 78.4 cm³/mol. The van der Waals surface area contributed by atoms with Gasteiger partial charge in [-0.2, -0.15) is 0 Å². The third kappa shape index (κ3) is 3.51. The van der Waals surface area contributed by atoms with Crippen LogP contribution in [0.4, 0.5) is 10.5 Å². The van der Waals surface area contributed by atoms with Crippen LogP contribution in [0.15, 0.2) is 18.2 Å². The molecule has 2 rings (SSSR count). The number of nitro benzene ring substituents is 1. The van der Waals surface area contributed by atoms with Gasteiger partial charge in [0.2, 0.25) is 0 Å². The van der Waals surface area contributed by atoms with E-state index in [0.717, 1.165) is 5.56 Å². The van der Waals surface area contributed by atoms with E-state index in [4.69, 9.17) is 4.74 Å². The van der Waals surface area contributed by atoms with Crippen molar-refractivity contribution in [3.63, 3.8) is 0 Å². The molecular formula is C15H20N2O4. The highest BCUT2D eigenvalue weighted by atomic mass is 16.6. The topological polar surface area (TPSA) is 72.7 Å². The molecule has 0 aliphatic carbocycles. The Bertz CT molecular complexity index is 572. The molecule has 1 fully saturated rings. The first-order valence-corrected chi connectivity index (χ1v) is 6.90. The monoisotopic (exact) mass is 292 g/mol. The fourth-order valence-electron chi connectivity index (χ4n) is 2.24. The molecule has 0 N–H and O–H groups in total. The van der Waals surface area contributed by atoms with E-state index in [9.17, 15) is 14.9 Å². The maximum atomic E-state index is 11.8. The molecule has 114 valence electrons. The van der Waals surface area contributed by atoms with Gasteiger partial charge in [-0.3, -0.25) is 10.1 Å². The van der Waals surface area contributed by atoms with E-state index in [1.165, 1.54) is 0 Å². The number of nitro groups is 1. The van der Waals surface area contributed by atoms with E-state index in [1.54, 1.807) is 24.0 Å². The molecule has 21 heavy (non-hydrogen) atoms. The molecule has 1 aromatic carbocycles. The summed E-state index contributed by atoms with van der Waals surface area (Å²) < 4.78 is 5.29. The van der Waals surface area contributed by atoms with Gasteiger partial charge in [-0.15, -0.1) is 0 Å². The zero-order valence-electron chi connectivity index (χ0n) is 12.8. The second kappa shape index (κ2) is 5.35. The smallest absolute Gasteiger partial charge is 0.410 e. The summed E-state index contributed by atoms with van der Waals surface area (Å²) in [7, 11) is 0. The van der Waals surface area contributed by atoms with Crippen LogP contribution in [0.25, 0.3) is 0 Å². The molecule has 0 saturated carbocycles. The fourth-order valence-corrected chi connectivity index (χ4v) is 2.24. The number of hydrogen-bond acceptors (Lipinski definition) is 4. The van der Waals surface area contributed by atoms with Crippen LogP contribution in [0.5, 0.6) is 0 Å². The van der Waals surface area contributed by atoms with Gasteiger partial charge in [0.1, 0.15) is 5.60 Å². The minimum Gasteiger partial charge on any atom is -0.444 e. The first kappa shape index (κ1) is 15.3. The number of aryl methyl sites for hydroxylation is 1. The van der Waals surface area contributed by atoms with E-state index >= 15 is 0 Å². The van der Waals surface area contributed by atoms with E-state index < -0.39 is 5.60 Å². The van der Waals surface area contributed by atoms with Crippen molar-refractivity contribution in [2.24, 2.45) is 0 Å². The summed E-state index contributed by atoms with van der Waals surface area (Å²) in [6.45, 7) is 8.27. The van der Waals surface area contributed by atoms with Gasteiger partial charge in [0.05, 0.1) is 4.92 Å². The summed E-state index contributed by atoms with van der Waals surface area (Å²) in [6, 6.07) is 5.25. The molecule has 6 heteroatoms. The lowest BCUT2D eigenvalue weighted by atomic mass is 9.91. The average Bonchev–Trinajstić information content (AvgIpc) is 2.26. The second-order valence-corrected chi connectivity index (χ2v) is 6.39. The van der Waals surface area contributed by atoms with Crippen LogP contribution >= 0.6 is 0 Å². The van der Waals surface area contributed by atoms with Gasteiger partial charge < -0.3 is 9.64 Å². The third-order valence-corrected chi connectivity index (χ3v) is 3.43. The summed E-state index contributed by atoms with van der Waals surface area (Å²) >= 11 is 0. The van der Waals surface area contributed by atoms with Crippen molar-refractivity contribution >= 4 is 11.8 Å². The van der Waals surface area contributed by atoms with Gasteiger partial charge in [-0.1, -0.05) is 12.1 Å². The highest BCUT2D eigenvalue weighted by molar-refractivity contribution is 5.69. The van der Waals surface area contributed by atoms with Crippen molar-refractivity contribution in [1.29, 1.82) is 0 Å². The number of benzene rings is 1. The average molecular weight is 292 g/mol. The number of likely N-dealkylation sites (tertiary alicyclic amines) is 1. The Labute approximate surface area is 123 Å². The Kier molecular flexibility index (Phi) is 3.89. The van der Waals surface area contributed by atoms with Crippen molar-refractivity contribution in [3.8, 4) is 0 Å². The Morgan fingerprint density at radius 1 is 1.38 bits per heavy atom. The first-order chi connectivity index (χ1) is 9.67. The molecule has 0 aromatic heterocycles. The third-order valence-electron chi connectivity index (χ3n) is 3.43. The Morgan fingerprint density at radius 3 is 2.52 bits per heavy atom. The molecule has 1 aliphatic rings. The molecule has 1 heterocycles. The number of rotatable bonds is 2. The summed E-state index contributed by atoms with van der Waals surface area (Å²) in [5, 5.41) is 11.0. The lowest BCUT2D eigenvalue weighted by molar-refractivity contribution is -0.385. The minimum atomic E-state index is -0.509. The van der Waals surface area contributed by atoms with Crippen LogP contribution < -0.4 is 0 Å². The van der Waals surface area contributed by atoms with Gasteiger partial charge in [-0.25, -0.2) is 4.79 Å². The van der Waals surface area contributed by atoms with Crippen molar-refractivity contribution in [2.45, 2.75) is 39.2 Å². The van der Waals surface area contributed by atoms with Crippen LogP contribution in [0.1, 0.15) is 37.8 Å². The molecular weight excluding hydrogens is 272 g/mol. The molecule has 1 aliphatic heterocycles. The van der Waals surface area contributed by atoms with Crippen LogP contribution in [0, 0.1) is 17.0 Å². The maximum Gasteiger partial charge on any atom is 0.410 e. The molecule has 1 saturated heterocycles. The Morgan fingerprint density at radius 2 is 2.00 bits per heavy atom. The zero-order valence-corrected chi connectivity index (χ0v) is 12.8. The lowest BCUT2D eigenvalue weighted by Gasteiger charge is -2.40. The summed E-state index contributed by atoms with van der Waals surface area (Å²) in [4.78, 5) is 24.0. The SMILES string of the molecule is Cc1ccc(C2CN(C(=O)OC(C)(C)C)C2)cc1[N+](=O)[O-]. The van der Waals surface area contributed by atoms with E-state index in [1.807, 2.05) is 26.8 Å². The van der Waals surface area contributed by atoms with Gasteiger partial charge in [0, 0.05) is 30.6 Å². The molecule has 0 atom stereocenters. The minimum absolute atomic E-state index is 0.128. The number of carbonyl (C=O) groups excluding carboxylic acids is 1. The number of amides is 1. The first-order valence-electron chi connectivity index (χ1n) is 6.90. The van der Waals surface area contributed by atoms with Gasteiger partial charge in [0.25, 0.3) is 5.69 Å². The van der Waals surface area contributed by atoms with E-state index in [-0.39, 0.29) is 22.6 Å². The molecule has 0 spiro atoms. The van der Waals surface area contributed by atoms with Gasteiger partial charge >= 0.3 is 6.09 Å². The number of ether oxygens (including phenoxy) is 1. The van der Waals surface area contributed by atoms with Crippen LogP contribution in [0.2, 0.25) is 0 Å². The zero-order chi connectivity index (χ0) is 15.8. The Balaban J connectivity index is 2.00. The lowest BCUT2D eigenvalue weighted by Crippen LogP contribution is -2.50. The number of hydrogen-bond donors (Lipinski definition) is 0. The maximum absolute atomic E-state index is 11.8. The summed E-state index contributed by atoms with van der Waals surface area (Å²) in [5.74, 6) is 0.136. The predicted octanol–water partition coefficient (Wildman–Crippen LogP) is 3.24. The van der Waals surface area contributed by atoms with Crippen LogP contribution in [-0.4, -0.2) is 34.6 Å². The normalized spacial score (nSPS) is 15.5. The highest BCUT2D eigenvalue weighted by Gasteiger charge is 2.35. The largest absolute Gasteiger partial charge is 0.444 e. The second-order valence-electron chi connectivity index (χ2n) is 6.39. The number of nitrogens with zero attached hydrogens (tertiary/aromatic N) is 2. The van der Waals surface area contributed by atoms with Crippen LogP contribution in [0.3, 0.4) is 0 Å². The Hall–Kier alpha value is -2.11. The van der Waals surface area contributed by atoms with E-state index in [2.05, 4.69) is 0 Å².